The summed E-state index contributed by atoms with van der Waals surface area (Å²) in [6.45, 7) is 3.74. The van der Waals surface area contributed by atoms with Crippen LogP contribution in [0.4, 0.5) is 0 Å². The Labute approximate surface area is 198 Å². The number of carbonyl (C=O) groups is 3. The molecule has 4 rings (SSSR count). The molecule has 1 saturated heterocycles. The lowest BCUT2D eigenvalue weighted by atomic mass is 10.0. The number of aromatic nitrogens is 3. The SMILES string of the molecule is CC(=O)N1CCCN(C(=O)CCn2nnc3ccccc32)CCNC(=O)CC1c1ccccc1. The fourth-order valence-corrected chi connectivity index (χ4v) is 4.43. The topological polar surface area (TPSA) is 100 Å². The van der Waals surface area contributed by atoms with Crippen LogP contribution in [0.3, 0.4) is 0 Å². The number of para-hydroxylation sites is 1. The second kappa shape index (κ2) is 10.9. The maximum absolute atomic E-state index is 13.0. The van der Waals surface area contributed by atoms with Crippen molar-refractivity contribution in [3.63, 3.8) is 0 Å². The van der Waals surface area contributed by atoms with Crippen molar-refractivity contribution >= 4 is 28.8 Å². The monoisotopic (exact) mass is 462 g/mol. The van der Waals surface area contributed by atoms with Crippen LogP contribution in [-0.4, -0.2) is 68.7 Å². The van der Waals surface area contributed by atoms with E-state index in [0.717, 1.165) is 16.6 Å². The van der Waals surface area contributed by atoms with Crippen LogP contribution < -0.4 is 5.32 Å². The molecular formula is C25H30N6O3. The second-order valence-corrected chi connectivity index (χ2v) is 8.48. The molecule has 0 bridgehead atoms. The molecule has 0 saturated carbocycles. The molecule has 2 aromatic carbocycles. The zero-order valence-corrected chi connectivity index (χ0v) is 19.4. The van der Waals surface area contributed by atoms with Crippen LogP contribution in [-0.2, 0) is 20.9 Å². The molecule has 9 heteroatoms. The molecule has 2 heterocycles. The Morgan fingerprint density at radius 2 is 1.79 bits per heavy atom. The van der Waals surface area contributed by atoms with Crippen molar-refractivity contribution in [1.29, 1.82) is 0 Å². The van der Waals surface area contributed by atoms with E-state index in [9.17, 15) is 14.4 Å². The van der Waals surface area contributed by atoms with Gasteiger partial charge in [0.1, 0.15) is 5.52 Å². The van der Waals surface area contributed by atoms with E-state index < -0.39 is 0 Å². The molecule has 1 aliphatic rings. The van der Waals surface area contributed by atoms with Gasteiger partial charge in [-0.3, -0.25) is 14.4 Å². The third-order valence-electron chi connectivity index (χ3n) is 6.19. The molecule has 178 valence electrons. The van der Waals surface area contributed by atoms with Gasteiger partial charge in [0.05, 0.1) is 24.5 Å². The van der Waals surface area contributed by atoms with Crippen LogP contribution in [0, 0.1) is 0 Å². The Hall–Kier alpha value is -3.75. The second-order valence-electron chi connectivity index (χ2n) is 8.48. The molecule has 1 N–H and O–H groups in total. The lowest BCUT2D eigenvalue weighted by Gasteiger charge is -2.31. The predicted molar refractivity (Wildman–Crippen MR) is 128 cm³/mol. The van der Waals surface area contributed by atoms with Crippen molar-refractivity contribution in [3.05, 3.63) is 60.2 Å². The van der Waals surface area contributed by atoms with Crippen molar-refractivity contribution in [1.82, 2.24) is 30.1 Å². The van der Waals surface area contributed by atoms with Gasteiger partial charge >= 0.3 is 0 Å². The fraction of sp³-hybridized carbons (Fsp3) is 0.400. The van der Waals surface area contributed by atoms with Crippen molar-refractivity contribution in [2.45, 2.75) is 38.8 Å². The number of hydrogen-bond donors (Lipinski definition) is 1. The van der Waals surface area contributed by atoms with Crippen LogP contribution in [0.2, 0.25) is 0 Å². The molecule has 9 nitrogen and oxygen atoms in total. The van der Waals surface area contributed by atoms with E-state index in [4.69, 9.17) is 0 Å². The molecule has 1 aliphatic heterocycles. The minimum absolute atomic E-state index is 0.0120. The smallest absolute Gasteiger partial charge is 0.224 e. The number of rotatable bonds is 4. The first-order valence-electron chi connectivity index (χ1n) is 11.7. The number of fused-ring (bicyclic) bond motifs is 1. The maximum atomic E-state index is 13.0. The summed E-state index contributed by atoms with van der Waals surface area (Å²) in [5.41, 5.74) is 2.62. The lowest BCUT2D eigenvalue weighted by molar-refractivity contribution is -0.133. The Morgan fingerprint density at radius 1 is 1.03 bits per heavy atom. The molecule has 1 atom stereocenters. The van der Waals surface area contributed by atoms with Gasteiger partial charge in [0.15, 0.2) is 0 Å². The van der Waals surface area contributed by atoms with E-state index in [1.807, 2.05) is 54.6 Å². The van der Waals surface area contributed by atoms with E-state index in [0.29, 0.717) is 39.1 Å². The normalized spacial score (nSPS) is 17.8. The third-order valence-corrected chi connectivity index (χ3v) is 6.19. The minimum Gasteiger partial charge on any atom is -0.354 e. The molecule has 1 fully saturated rings. The first-order chi connectivity index (χ1) is 16.5. The highest BCUT2D eigenvalue weighted by Gasteiger charge is 2.26. The highest BCUT2D eigenvalue weighted by Crippen LogP contribution is 2.25. The molecule has 3 amide bonds. The minimum atomic E-state index is -0.332. The van der Waals surface area contributed by atoms with Gasteiger partial charge in [-0.1, -0.05) is 47.7 Å². The van der Waals surface area contributed by atoms with E-state index in [1.165, 1.54) is 6.92 Å². The summed E-state index contributed by atoms with van der Waals surface area (Å²) in [6, 6.07) is 16.9. The van der Waals surface area contributed by atoms with Crippen molar-refractivity contribution in [2.75, 3.05) is 26.2 Å². The number of amides is 3. The van der Waals surface area contributed by atoms with Crippen molar-refractivity contribution < 1.29 is 14.4 Å². The average Bonchev–Trinajstić information content (AvgIpc) is 3.24. The van der Waals surface area contributed by atoms with Crippen LogP contribution >= 0.6 is 0 Å². The first kappa shape index (κ1) is 23.4. The molecule has 0 aliphatic carbocycles. The van der Waals surface area contributed by atoms with Crippen molar-refractivity contribution in [2.24, 2.45) is 0 Å². The first-order valence-corrected chi connectivity index (χ1v) is 11.7. The number of carbonyl (C=O) groups excluding carboxylic acids is 3. The van der Waals surface area contributed by atoms with Crippen molar-refractivity contribution in [3.8, 4) is 0 Å². The zero-order valence-electron chi connectivity index (χ0n) is 19.4. The quantitative estimate of drug-likeness (QED) is 0.640. The van der Waals surface area contributed by atoms with Crippen LogP contribution in [0.5, 0.6) is 0 Å². The summed E-state index contributed by atoms with van der Waals surface area (Å²) in [5, 5.41) is 11.2. The number of hydrogen-bond acceptors (Lipinski definition) is 5. The Bertz CT molecular complexity index is 1150. The van der Waals surface area contributed by atoms with E-state index in [2.05, 4.69) is 15.6 Å². The van der Waals surface area contributed by atoms with Gasteiger partial charge in [0.25, 0.3) is 0 Å². The molecular weight excluding hydrogens is 432 g/mol. The van der Waals surface area contributed by atoms with Crippen LogP contribution in [0.15, 0.2) is 54.6 Å². The predicted octanol–water partition coefficient (Wildman–Crippen LogP) is 2.15. The number of nitrogens with one attached hydrogen (secondary N) is 1. The highest BCUT2D eigenvalue weighted by atomic mass is 16.2. The molecule has 1 unspecified atom stereocenters. The van der Waals surface area contributed by atoms with Gasteiger partial charge in [-0.05, 0) is 24.1 Å². The van der Waals surface area contributed by atoms with Gasteiger partial charge in [0.2, 0.25) is 17.7 Å². The average molecular weight is 463 g/mol. The molecule has 3 aromatic rings. The summed E-state index contributed by atoms with van der Waals surface area (Å²) in [7, 11) is 0. The van der Waals surface area contributed by atoms with Gasteiger partial charge < -0.3 is 15.1 Å². The summed E-state index contributed by atoms with van der Waals surface area (Å²) in [5.74, 6) is -0.234. The number of benzene rings is 2. The molecule has 1 aromatic heterocycles. The number of nitrogens with zero attached hydrogens (tertiary/aromatic N) is 5. The molecule has 0 radical (unpaired) electrons. The summed E-state index contributed by atoms with van der Waals surface area (Å²) >= 11 is 0. The highest BCUT2D eigenvalue weighted by molar-refractivity contribution is 5.80. The summed E-state index contributed by atoms with van der Waals surface area (Å²) in [6.07, 6.45) is 1.11. The van der Waals surface area contributed by atoms with Gasteiger partial charge in [0, 0.05) is 39.5 Å². The van der Waals surface area contributed by atoms with E-state index >= 15 is 0 Å². The Balaban J connectivity index is 1.43. The van der Waals surface area contributed by atoms with Crippen LogP contribution in [0.25, 0.3) is 11.0 Å². The van der Waals surface area contributed by atoms with Gasteiger partial charge in [-0.25, -0.2) is 4.68 Å². The Morgan fingerprint density at radius 3 is 2.59 bits per heavy atom. The summed E-state index contributed by atoms with van der Waals surface area (Å²) < 4.78 is 1.74. The number of aryl methyl sites for hydroxylation is 1. The van der Waals surface area contributed by atoms with Crippen LogP contribution in [0.1, 0.15) is 37.8 Å². The standard InChI is InChI=1S/C25H30N6O3/c1-19(32)30-15-7-14-29(17-13-26-24(33)18-23(30)20-8-3-2-4-9-20)25(34)12-16-31-22-11-6-5-10-21(22)27-28-31/h2-6,8-11,23H,7,12-18H2,1H3,(H,26,33). The largest absolute Gasteiger partial charge is 0.354 e. The fourth-order valence-electron chi connectivity index (χ4n) is 4.43. The van der Waals surface area contributed by atoms with Gasteiger partial charge in [-0.2, -0.15) is 0 Å². The summed E-state index contributed by atoms with van der Waals surface area (Å²) in [4.78, 5) is 41.7. The molecule has 34 heavy (non-hydrogen) atoms. The van der Waals surface area contributed by atoms with E-state index in [1.54, 1.807) is 14.5 Å². The zero-order chi connectivity index (χ0) is 23.9. The maximum Gasteiger partial charge on any atom is 0.224 e. The Kier molecular flexibility index (Phi) is 7.51. The lowest BCUT2D eigenvalue weighted by Crippen LogP contribution is -2.39. The van der Waals surface area contributed by atoms with E-state index in [-0.39, 0.29) is 36.6 Å². The van der Waals surface area contributed by atoms with Gasteiger partial charge in [-0.15, -0.1) is 5.10 Å². The third kappa shape index (κ3) is 5.59. The molecule has 0 spiro atoms.